The third kappa shape index (κ3) is 5.92. The molecule has 1 aromatic heterocycles. The molecular formula is C17H25BrN2O5S. The number of thiazole rings is 1. The van der Waals surface area contributed by atoms with E-state index in [1.165, 1.54) is 11.3 Å². The molecule has 0 bridgehead atoms. The fourth-order valence-corrected chi connectivity index (χ4v) is 4.41. The van der Waals surface area contributed by atoms with E-state index in [0.717, 1.165) is 5.01 Å². The monoisotopic (exact) mass is 448 g/mol. The van der Waals surface area contributed by atoms with Gasteiger partial charge in [0.2, 0.25) is 0 Å². The van der Waals surface area contributed by atoms with Crippen molar-refractivity contribution in [2.75, 3.05) is 19.7 Å². The molecule has 0 atom stereocenters. The van der Waals surface area contributed by atoms with E-state index in [1.807, 2.05) is 26.2 Å². The summed E-state index contributed by atoms with van der Waals surface area (Å²) in [6.07, 6.45) is 2.24. The number of aromatic nitrogens is 1. The molecule has 0 spiro atoms. The van der Waals surface area contributed by atoms with Gasteiger partial charge < -0.3 is 19.5 Å². The minimum atomic E-state index is -1.00. The molecule has 1 aliphatic rings. The van der Waals surface area contributed by atoms with Crippen LogP contribution < -0.4 is 0 Å². The number of ether oxygens (including phenoxy) is 2. The van der Waals surface area contributed by atoms with Gasteiger partial charge in [-0.15, -0.1) is 11.3 Å². The Hall–Kier alpha value is -1.19. The Balaban J connectivity index is 2.09. The lowest BCUT2D eigenvalue weighted by molar-refractivity contribution is -0.152. The number of carbonyl (C=O) groups is 2. The summed E-state index contributed by atoms with van der Waals surface area (Å²) in [7, 11) is 0. The van der Waals surface area contributed by atoms with Crippen LogP contribution in [0.3, 0.4) is 0 Å². The predicted octanol–water partition coefficient (Wildman–Crippen LogP) is 4.01. The quantitative estimate of drug-likeness (QED) is 0.747. The van der Waals surface area contributed by atoms with Crippen LogP contribution in [0.4, 0.5) is 4.79 Å². The molecule has 0 radical (unpaired) electrons. The first kappa shape index (κ1) is 21.1. The van der Waals surface area contributed by atoms with E-state index >= 15 is 0 Å². The number of halogens is 1. The Kier molecular flexibility index (Phi) is 7.04. The molecule has 0 aliphatic carbocycles. The highest BCUT2D eigenvalue weighted by Crippen LogP contribution is 2.39. The van der Waals surface area contributed by atoms with Crippen LogP contribution >= 0.6 is 27.3 Å². The lowest BCUT2D eigenvalue weighted by Crippen LogP contribution is -2.42. The van der Waals surface area contributed by atoms with Gasteiger partial charge in [-0.3, -0.25) is 0 Å². The van der Waals surface area contributed by atoms with Gasteiger partial charge in [-0.2, -0.15) is 0 Å². The average Bonchev–Trinajstić information content (AvgIpc) is 2.91. The third-order valence-electron chi connectivity index (χ3n) is 4.01. The molecule has 0 saturated carbocycles. The Labute approximate surface area is 165 Å². The van der Waals surface area contributed by atoms with Crippen LogP contribution in [-0.2, 0) is 19.9 Å². The fourth-order valence-electron chi connectivity index (χ4n) is 2.94. The second-order valence-corrected chi connectivity index (χ2v) is 9.00. The Morgan fingerprint density at radius 1 is 1.35 bits per heavy atom. The molecule has 1 aliphatic heterocycles. The molecular weight excluding hydrogens is 424 g/mol. The van der Waals surface area contributed by atoms with Gasteiger partial charge in [0, 0.05) is 18.5 Å². The van der Waals surface area contributed by atoms with Gasteiger partial charge in [-0.05, 0) is 62.4 Å². The van der Waals surface area contributed by atoms with Crippen LogP contribution in [0, 0.1) is 0 Å². The highest BCUT2D eigenvalue weighted by Gasteiger charge is 2.38. The number of hydrogen-bond acceptors (Lipinski definition) is 6. The number of likely N-dealkylation sites (tertiary alicyclic amines) is 1. The highest BCUT2D eigenvalue weighted by atomic mass is 79.9. The van der Waals surface area contributed by atoms with Crippen LogP contribution in [0.25, 0.3) is 0 Å². The van der Waals surface area contributed by atoms with Crippen LogP contribution in [0.2, 0.25) is 0 Å². The number of hydrogen-bond donors (Lipinski definition) is 1. The van der Waals surface area contributed by atoms with Crippen molar-refractivity contribution in [2.24, 2.45) is 0 Å². The van der Waals surface area contributed by atoms with Gasteiger partial charge in [0.05, 0.1) is 0 Å². The summed E-state index contributed by atoms with van der Waals surface area (Å²) < 4.78 is 12.0. The second kappa shape index (κ2) is 8.67. The van der Waals surface area contributed by atoms with Gasteiger partial charge in [-0.25, -0.2) is 14.6 Å². The van der Waals surface area contributed by atoms with E-state index < -0.39 is 17.2 Å². The Bertz CT molecular complexity index is 633. The van der Waals surface area contributed by atoms with Crippen LogP contribution in [-0.4, -0.2) is 52.4 Å². The number of rotatable bonds is 4. The van der Waals surface area contributed by atoms with Crippen LogP contribution in [0.5, 0.6) is 0 Å². The zero-order valence-corrected chi connectivity index (χ0v) is 17.7. The van der Waals surface area contributed by atoms with Crippen molar-refractivity contribution in [2.45, 2.75) is 57.7 Å². The molecule has 7 nitrogen and oxygen atoms in total. The summed E-state index contributed by atoms with van der Waals surface area (Å²) in [6.45, 7) is 6.26. The van der Waals surface area contributed by atoms with Crippen molar-refractivity contribution in [3.8, 4) is 0 Å². The molecule has 26 heavy (non-hydrogen) atoms. The first-order valence-electron chi connectivity index (χ1n) is 8.56. The number of nitrogens with zero attached hydrogens (tertiary/aromatic N) is 2. The molecule has 2 rings (SSSR count). The zero-order chi connectivity index (χ0) is 19.4. The van der Waals surface area contributed by atoms with E-state index in [9.17, 15) is 9.59 Å². The average molecular weight is 449 g/mol. The molecule has 9 heteroatoms. The lowest BCUT2D eigenvalue weighted by Gasteiger charge is -2.36. The predicted molar refractivity (Wildman–Crippen MR) is 101 cm³/mol. The first-order valence-corrected chi connectivity index (χ1v) is 10.2. The summed E-state index contributed by atoms with van der Waals surface area (Å²) in [5, 5.41) is 11.7. The summed E-state index contributed by atoms with van der Waals surface area (Å²) >= 11 is 4.81. The molecule has 2 heterocycles. The van der Waals surface area contributed by atoms with E-state index in [1.54, 1.807) is 4.90 Å². The summed E-state index contributed by atoms with van der Waals surface area (Å²) in [5.74, 6) is -1.00. The second-order valence-electron chi connectivity index (χ2n) is 7.33. The van der Waals surface area contributed by atoms with Crippen molar-refractivity contribution in [1.82, 2.24) is 9.88 Å². The molecule has 1 saturated heterocycles. The molecule has 0 aromatic carbocycles. The minimum absolute atomic E-state index is 0.312. The third-order valence-corrected chi connectivity index (χ3v) is 5.74. The smallest absolute Gasteiger partial charge is 0.410 e. The number of aliphatic carboxylic acids is 1. The Morgan fingerprint density at radius 2 is 1.96 bits per heavy atom. The molecule has 146 valence electrons. The highest BCUT2D eigenvalue weighted by molar-refractivity contribution is 9.10. The number of amides is 1. The van der Waals surface area contributed by atoms with E-state index in [0.29, 0.717) is 43.4 Å². The lowest BCUT2D eigenvalue weighted by atomic mass is 9.90. The van der Waals surface area contributed by atoms with Gasteiger partial charge in [0.1, 0.15) is 27.4 Å². The van der Waals surface area contributed by atoms with Crippen LogP contribution in [0.1, 0.15) is 51.5 Å². The van der Waals surface area contributed by atoms with Crippen molar-refractivity contribution in [3.05, 3.63) is 15.0 Å². The van der Waals surface area contributed by atoms with E-state index in [-0.39, 0.29) is 12.7 Å². The number of carbonyl (C=O) groups excluding carboxylic acids is 1. The standard InChI is InChI=1S/C17H25BrN2O5S/c1-16(2,3)25-15(23)20-8-4-6-17(7-5-9-20,24-10-13(21)22)14-19-12(18)11-26-14/h11H,4-10H2,1-3H3,(H,21,22). The normalized spacial score (nSPS) is 18.1. The summed E-state index contributed by atoms with van der Waals surface area (Å²) in [4.78, 5) is 29.5. The summed E-state index contributed by atoms with van der Waals surface area (Å²) in [5.41, 5.74) is -1.25. The number of carboxylic acid groups (broad SMARTS) is 1. The SMILES string of the molecule is CC(C)(C)OC(=O)N1CCCC(OCC(=O)O)(c2nc(Br)cs2)CCC1. The van der Waals surface area contributed by atoms with Crippen LogP contribution in [0.15, 0.2) is 9.98 Å². The largest absolute Gasteiger partial charge is 0.480 e. The maximum absolute atomic E-state index is 12.3. The van der Waals surface area contributed by atoms with E-state index in [4.69, 9.17) is 14.6 Å². The van der Waals surface area contributed by atoms with Crippen molar-refractivity contribution in [3.63, 3.8) is 0 Å². The molecule has 1 aromatic rings. The van der Waals surface area contributed by atoms with Crippen molar-refractivity contribution < 1.29 is 24.2 Å². The Morgan fingerprint density at radius 3 is 2.42 bits per heavy atom. The van der Waals surface area contributed by atoms with Crippen molar-refractivity contribution >= 4 is 39.3 Å². The first-order chi connectivity index (χ1) is 12.1. The zero-order valence-electron chi connectivity index (χ0n) is 15.3. The van der Waals surface area contributed by atoms with E-state index in [2.05, 4.69) is 20.9 Å². The van der Waals surface area contributed by atoms with Gasteiger partial charge in [0.25, 0.3) is 0 Å². The fraction of sp³-hybridized carbons (Fsp3) is 0.706. The molecule has 1 fully saturated rings. The van der Waals surface area contributed by atoms with Gasteiger partial charge >= 0.3 is 12.1 Å². The molecule has 1 N–H and O–H groups in total. The van der Waals surface area contributed by atoms with Gasteiger partial charge in [0.15, 0.2) is 0 Å². The maximum atomic E-state index is 12.3. The van der Waals surface area contributed by atoms with Crippen molar-refractivity contribution in [1.29, 1.82) is 0 Å². The minimum Gasteiger partial charge on any atom is -0.480 e. The van der Waals surface area contributed by atoms with Gasteiger partial charge in [-0.1, -0.05) is 0 Å². The molecule has 0 unspecified atom stereocenters. The number of carboxylic acids is 1. The summed E-state index contributed by atoms with van der Waals surface area (Å²) in [6, 6.07) is 0. The topological polar surface area (TPSA) is 89.0 Å². The molecule has 1 amide bonds. The maximum Gasteiger partial charge on any atom is 0.410 e.